The second-order valence-corrected chi connectivity index (χ2v) is 8.46. The molecule has 1 aliphatic heterocycles. The Labute approximate surface area is 173 Å². The molecule has 1 aromatic rings. The first kappa shape index (κ1) is 24.3. The number of nitrogens with one attached hydrogen (secondary N) is 2. The predicted molar refractivity (Wildman–Crippen MR) is 114 cm³/mol. The normalized spacial score (nSPS) is 16.3. The van der Waals surface area contributed by atoms with Crippen molar-refractivity contribution in [2.75, 3.05) is 13.1 Å². The standard InChI is InChI=1S/C17H31N3O3.C4H4S/c1-5-7-8-11-18-19-15(22)13-10-9-12-20(13)16(23)14(21)17(3,4)6-2;1-2-4-5-3-1/h13,18H,5-12H2,1-4H3,(H,19,22);1-4H. The van der Waals surface area contributed by atoms with Crippen LogP contribution in [0.2, 0.25) is 0 Å². The maximum atomic E-state index is 12.5. The number of hydrogen-bond donors (Lipinski definition) is 2. The first-order valence-corrected chi connectivity index (χ1v) is 11.1. The summed E-state index contributed by atoms with van der Waals surface area (Å²) in [5, 5.41) is 4.08. The lowest BCUT2D eigenvalue weighted by molar-refractivity contribution is -0.151. The van der Waals surface area contributed by atoms with Gasteiger partial charge in [0.1, 0.15) is 6.04 Å². The second kappa shape index (κ2) is 12.7. The fourth-order valence-corrected chi connectivity index (χ4v) is 3.24. The lowest BCUT2D eigenvalue weighted by Crippen LogP contribution is -2.53. The van der Waals surface area contributed by atoms with Crippen LogP contribution in [0.25, 0.3) is 0 Å². The number of hydrogen-bond acceptors (Lipinski definition) is 5. The topological polar surface area (TPSA) is 78.5 Å². The fraction of sp³-hybridized carbons (Fsp3) is 0.667. The van der Waals surface area contributed by atoms with Crippen LogP contribution in [0.1, 0.15) is 66.2 Å². The van der Waals surface area contributed by atoms with Crippen LogP contribution in [-0.2, 0) is 14.4 Å². The van der Waals surface area contributed by atoms with Crippen LogP contribution in [0.4, 0.5) is 0 Å². The third-order valence-electron chi connectivity index (χ3n) is 5.05. The Morgan fingerprint density at radius 3 is 2.36 bits per heavy atom. The molecule has 0 aliphatic carbocycles. The Morgan fingerprint density at radius 1 is 1.14 bits per heavy atom. The molecule has 2 N–H and O–H groups in total. The molecule has 1 unspecified atom stereocenters. The highest BCUT2D eigenvalue weighted by molar-refractivity contribution is 7.07. The van der Waals surface area contributed by atoms with Gasteiger partial charge in [0.05, 0.1) is 0 Å². The maximum absolute atomic E-state index is 12.5. The number of unbranched alkanes of at least 4 members (excludes halogenated alkanes) is 2. The minimum absolute atomic E-state index is 0.227. The highest BCUT2D eigenvalue weighted by atomic mass is 32.1. The average molecular weight is 410 g/mol. The van der Waals surface area contributed by atoms with E-state index in [0.717, 1.165) is 25.7 Å². The summed E-state index contributed by atoms with van der Waals surface area (Å²) in [5.74, 6) is -1.16. The van der Waals surface area contributed by atoms with Crippen molar-refractivity contribution in [3.8, 4) is 0 Å². The van der Waals surface area contributed by atoms with Crippen LogP contribution < -0.4 is 10.9 Å². The van der Waals surface area contributed by atoms with Crippen molar-refractivity contribution in [1.82, 2.24) is 15.8 Å². The molecule has 28 heavy (non-hydrogen) atoms. The summed E-state index contributed by atoms with van der Waals surface area (Å²) < 4.78 is 0. The number of Topliss-reactive ketones (excluding diaryl/α,β-unsaturated/α-hetero) is 1. The second-order valence-electron chi connectivity index (χ2n) is 7.64. The van der Waals surface area contributed by atoms with Crippen LogP contribution >= 0.6 is 11.3 Å². The van der Waals surface area contributed by atoms with E-state index in [2.05, 4.69) is 17.8 Å². The number of hydrazine groups is 1. The lowest BCUT2D eigenvalue weighted by atomic mass is 9.84. The maximum Gasteiger partial charge on any atom is 0.291 e. The minimum atomic E-state index is -0.681. The summed E-state index contributed by atoms with van der Waals surface area (Å²) in [4.78, 5) is 38.5. The molecule has 0 radical (unpaired) electrons. The van der Waals surface area contributed by atoms with Gasteiger partial charge in [-0.3, -0.25) is 19.8 Å². The number of carbonyl (C=O) groups excluding carboxylic acids is 3. The zero-order valence-corrected chi connectivity index (χ0v) is 18.4. The molecule has 0 aromatic carbocycles. The van der Waals surface area contributed by atoms with Crippen molar-refractivity contribution >= 4 is 28.9 Å². The Bertz CT molecular complexity index is 585. The molecule has 2 heterocycles. The van der Waals surface area contributed by atoms with Crippen molar-refractivity contribution in [2.24, 2.45) is 5.41 Å². The van der Waals surface area contributed by atoms with Gasteiger partial charge in [0, 0.05) is 18.5 Å². The smallest absolute Gasteiger partial charge is 0.291 e. The van der Waals surface area contributed by atoms with E-state index in [0.29, 0.717) is 25.9 Å². The number of nitrogens with zero attached hydrogens (tertiary/aromatic N) is 1. The molecule has 0 saturated carbocycles. The Kier molecular flexibility index (Phi) is 11.0. The van der Waals surface area contributed by atoms with Crippen molar-refractivity contribution in [3.63, 3.8) is 0 Å². The van der Waals surface area contributed by atoms with Crippen LogP contribution in [0.3, 0.4) is 0 Å². The number of amides is 2. The van der Waals surface area contributed by atoms with Crippen molar-refractivity contribution in [3.05, 3.63) is 22.9 Å². The van der Waals surface area contributed by atoms with E-state index in [9.17, 15) is 14.4 Å². The van der Waals surface area contributed by atoms with Gasteiger partial charge in [-0.1, -0.05) is 52.7 Å². The third-order valence-corrected chi connectivity index (χ3v) is 5.68. The summed E-state index contributed by atoms with van der Waals surface area (Å²) >= 11 is 1.71. The van der Waals surface area contributed by atoms with E-state index in [4.69, 9.17) is 0 Å². The number of carbonyl (C=O) groups is 3. The van der Waals surface area contributed by atoms with Gasteiger partial charge in [0.25, 0.3) is 11.8 Å². The molecule has 2 rings (SSSR count). The van der Waals surface area contributed by atoms with Crippen molar-refractivity contribution in [1.29, 1.82) is 0 Å². The molecule has 1 aliphatic rings. The van der Waals surface area contributed by atoms with Gasteiger partial charge in [-0.05, 0) is 36.4 Å². The van der Waals surface area contributed by atoms with Crippen molar-refractivity contribution < 1.29 is 14.4 Å². The summed E-state index contributed by atoms with van der Waals surface area (Å²) in [6.45, 7) is 8.73. The zero-order valence-electron chi connectivity index (χ0n) is 17.6. The Balaban J connectivity index is 0.000000674. The Morgan fingerprint density at radius 2 is 1.82 bits per heavy atom. The van der Waals surface area contributed by atoms with E-state index in [1.807, 2.05) is 29.8 Å². The van der Waals surface area contributed by atoms with E-state index in [1.165, 1.54) is 4.90 Å². The summed E-state index contributed by atoms with van der Waals surface area (Å²) in [5.41, 5.74) is 4.89. The fourth-order valence-electron chi connectivity index (χ4n) is 2.79. The number of ketones is 1. The van der Waals surface area contributed by atoms with Gasteiger partial charge in [0.15, 0.2) is 0 Å². The van der Waals surface area contributed by atoms with Crippen LogP contribution in [0.5, 0.6) is 0 Å². The lowest BCUT2D eigenvalue weighted by Gasteiger charge is -2.27. The molecule has 0 bridgehead atoms. The van der Waals surface area contributed by atoms with Gasteiger partial charge >= 0.3 is 0 Å². The molecule has 1 fully saturated rings. The van der Waals surface area contributed by atoms with Crippen LogP contribution in [-0.4, -0.2) is 41.6 Å². The Hall–Kier alpha value is -1.73. The van der Waals surface area contributed by atoms with Crippen LogP contribution in [0.15, 0.2) is 22.9 Å². The van der Waals surface area contributed by atoms with E-state index < -0.39 is 23.1 Å². The molecule has 158 valence electrons. The largest absolute Gasteiger partial charge is 0.324 e. The molecule has 1 aromatic heterocycles. The summed E-state index contributed by atoms with van der Waals surface area (Å²) in [6.07, 6.45) is 5.18. The average Bonchev–Trinajstić information content (AvgIpc) is 3.41. The monoisotopic (exact) mass is 409 g/mol. The molecule has 6 nitrogen and oxygen atoms in total. The summed E-state index contributed by atoms with van der Waals surface area (Å²) in [7, 11) is 0. The SMILES string of the molecule is CCCCCNNC(=O)C1CCCN1C(=O)C(=O)C(C)(C)CC.c1ccsc1. The molecular formula is C21H35N3O3S. The first-order chi connectivity index (χ1) is 13.3. The van der Waals surface area contributed by atoms with E-state index in [-0.39, 0.29) is 5.91 Å². The van der Waals surface area contributed by atoms with Gasteiger partial charge < -0.3 is 4.90 Å². The first-order valence-electron chi connectivity index (χ1n) is 10.2. The van der Waals surface area contributed by atoms with E-state index in [1.54, 1.807) is 25.2 Å². The van der Waals surface area contributed by atoms with Gasteiger partial charge in [0.2, 0.25) is 5.78 Å². The molecule has 1 atom stereocenters. The summed E-state index contributed by atoms with van der Waals surface area (Å²) in [6, 6.07) is 3.49. The van der Waals surface area contributed by atoms with Gasteiger partial charge in [-0.2, -0.15) is 11.3 Å². The molecule has 1 saturated heterocycles. The van der Waals surface area contributed by atoms with E-state index >= 15 is 0 Å². The number of rotatable bonds is 9. The highest BCUT2D eigenvalue weighted by Gasteiger charge is 2.41. The minimum Gasteiger partial charge on any atom is -0.324 e. The quantitative estimate of drug-likeness (QED) is 0.371. The molecule has 7 heteroatoms. The van der Waals surface area contributed by atoms with Gasteiger partial charge in [-0.25, -0.2) is 5.43 Å². The molecule has 2 amide bonds. The number of thiophene rings is 1. The molecule has 0 spiro atoms. The highest BCUT2D eigenvalue weighted by Crippen LogP contribution is 2.25. The zero-order chi connectivity index (χ0) is 21.0. The number of likely N-dealkylation sites (tertiary alicyclic amines) is 1. The molecular weight excluding hydrogens is 374 g/mol. The van der Waals surface area contributed by atoms with Crippen molar-refractivity contribution in [2.45, 2.75) is 72.3 Å². The predicted octanol–water partition coefficient (Wildman–Crippen LogP) is 3.54. The van der Waals surface area contributed by atoms with Gasteiger partial charge in [-0.15, -0.1) is 0 Å². The van der Waals surface area contributed by atoms with Crippen LogP contribution in [0, 0.1) is 5.41 Å². The third kappa shape index (κ3) is 7.72.